The van der Waals surface area contributed by atoms with Crippen LogP contribution in [0.3, 0.4) is 0 Å². The van der Waals surface area contributed by atoms with Crippen LogP contribution in [0.15, 0.2) is 40.9 Å². The molecule has 82 valence electrons. The van der Waals surface area contributed by atoms with Crippen LogP contribution in [-0.4, -0.2) is 7.05 Å². The lowest BCUT2D eigenvalue weighted by atomic mass is 9.99. The van der Waals surface area contributed by atoms with Crippen LogP contribution in [0.5, 0.6) is 0 Å². The van der Waals surface area contributed by atoms with Crippen LogP contribution in [0.2, 0.25) is 0 Å². The normalized spacial score (nSPS) is 12.5. The van der Waals surface area contributed by atoms with E-state index in [2.05, 4.69) is 59.0 Å². The average Bonchev–Trinajstić information content (AvgIpc) is 2.27. The maximum atomic E-state index is 4.05. The van der Waals surface area contributed by atoms with Gasteiger partial charge in [0.2, 0.25) is 0 Å². The summed E-state index contributed by atoms with van der Waals surface area (Å²) in [7, 11) is 2.00. The van der Waals surface area contributed by atoms with E-state index < -0.39 is 0 Å². The average molecular weight is 268 g/mol. The highest BCUT2D eigenvalue weighted by Gasteiger charge is 2.09. The van der Waals surface area contributed by atoms with Crippen molar-refractivity contribution in [3.05, 3.63) is 46.5 Å². The first-order chi connectivity index (χ1) is 7.17. The van der Waals surface area contributed by atoms with Gasteiger partial charge in [-0.2, -0.15) is 0 Å². The molecular weight excluding hydrogens is 250 g/mol. The molecule has 1 aromatic rings. The van der Waals surface area contributed by atoms with Gasteiger partial charge in [-0.05, 0) is 37.6 Å². The standard InChI is InChI=1S/C13H18BrN/c1-4-10(2)9-13(15-3)11-5-7-12(14)8-6-11/h5-8,13,15H,2,4,9H2,1,3H3. The number of halogens is 1. The summed E-state index contributed by atoms with van der Waals surface area (Å²) in [6.07, 6.45) is 2.06. The molecule has 1 N–H and O–H groups in total. The molecule has 1 rings (SSSR count). The Morgan fingerprint density at radius 2 is 2.00 bits per heavy atom. The predicted octanol–water partition coefficient (Wildman–Crippen LogP) is 4.07. The molecule has 0 heterocycles. The Kier molecular flexibility index (Phi) is 5.06. The largest absolute Gasteiger partial charge is 0.313 e. The minimum Gasteiger partial charge on any atom is -0.313 e. The van der Waals surface area contributed by atoms with Gasteiger partial charge in [-0.3, -0.25) is 0 Å². The molecule has 0 aliphatic carbocycles. The lowest BCUT2D eigenvalue weighted by Gasteiger charge is -2.17. The highest BCUT2D eigenvalue weighted by molar-refractivity contribution is 9.10. The summed E-state index contributed by atoms with van der Waals surface area (Å²) in [4.78, 5) is 0. The third-order valence-corrected chi connectivity index (χ3v) is 3.14. The number of hydrogen-bond donors (Lipinski definition) is 1. The molecule has 0 bridgehead atoms. The minimum atomic E-state index is 0.380. The van der Waals surface area contributed by atoms with Crippen LogP contribution in [0.4, 0.5) is 0 Å². The lowest BCUT2D eigenvalue weighted by molar-refractivity contribution is 0.582. The van der Waals surface area contributed by atoms with E-state index in [4.69, 9.17) is 0 Å². The molecule has 0 aromatic heterocycles. The molecule has 2 heteroatoms. The Hall–Kier alpha value is -0.600. The molecule has 1 unspecified atom stereocenters. The van der Waals surface area contributed by atoms with Gasteiger partial charge < -0.3 is 5.32 Å². The summed E-state index contributed by atoms with van der Waals surface area (Å²) in [6, 6.07) is 8.83. The van der Waals surface area contributed by atoms with Crippen molar-refractivity contribution in [3.63, 3.8) is 0 Å². The molecule has 0 radical (unpaired) electrons. The molecule has 0 fully saturated rings. The Labute approximate surface area is 101 Å². The molecule has 0 saturated carbocycles. The van der Waals surface area contributed by atoms with E-state index in [1.807, 2.05) is 7.05 Å². The second-order valence-corrected chi connectivity index (χ2v) is 4.62. The van der Waals surface area contributed by atoms with Crippen LogP contribution in [-0.2, 0) is 0 Å². The summed E-state index contributed by atoms with van der Waals surface area (Å²) < 4.78 is 1.12. The fourth-order valence-corrected chi connectivity index (χ4v) is 1.78. The summed E-state index contributed by atoms with van der Waals surface area (Å²) in [5.41, 5.74) is 2.60. The summed E-state index contributed by atoms with van der Waals surface area (Å²) in [6.45, 7) is 6.20. The molecule has 1 aromatic carbocycles. The summed E-state index contributed by atoms with van der Waals surface area (Å²) in [5, 5.41) is 3.33. The topological polar surface area (TPSA) is 12.0 Å². The van der Waals surface area contributed by atoms with Gasteiger partial charge in [0.05, 0.1) is 0 Å². The second-order valence-electron chi connectivity index (χ2n) is 3.70. The van der Waals surface area contributed by atoms with Gasteiger partial charge in [-0.15, -0.1) is 0 Å². The highest BCUT2D eigenvalue weighted by atomic mass is 79.9. The molecule has 1 atom stereocenters. The zero-order valence-electron chi connectivity index (χ0n) is 9.39. The molecule has 0 spiro atoms. The highest BCUT2D eigenvalue weighted by Crippen LogP contribution is 2.22. The molecule has 15 heavy (non-hydrogen) atoms. The predicted molar refractivity (Wildman–Crippen MR) is 70.0 cm³/mol. The van der Waals surface area contributed by atoms with Crippen molar-refractivity contribution >= 4 is 15.9 Å². The van der Waals surface area contributed by atoms with E-state index in [-0.39, 0.29) is 0 Å². The molecule has 0 aliphatic heterocycles. The van der Waals surface area contributed by atoms with Crippen molar-refractivity contribution < 1.29 is 0 Å². The van der Waals surface area contributed by atoms with Gasteiger partial charge in [0.25, 0.3) is 0 Å². The SMILES string of the molecule is C=C(CC)CC(NC)c1ccc(Br)cc1. The van der Waals surface area contributed by atoms with Gasteiger partial charge in [0.1, 0.15) is 0 Å². The molecule has 0 amide bonds. The van der Waals surface area contributed by atoms with Crippen LogP contribution in [0.1, 0.15) is 31.4 Å². The zero-order chi connectivity index (χ0) is 11.3. The van der Waals surface area contributed by atoms with Crippen molar-refractivity contribution in [1.29, 1.82) is 0 Å². The first-order valence-corrected chi connectivity index (χ1v) is 6.06. The third kappa shape index (κ3) is 3.80. The van der Waals surface area contributed by atoms with Crippen molar-refractivity contribution in [2.75, 3.05) is 7.05 Å². The number of nitrogens with one attached hydrogen (secondary N) is 1. The molecule has 1 nitrogen and oxygen atoms in total. The minimum absolute atomic E-state index is 0.380. The van der Waals surface area contributed by atoms with Gasteiger partial charge in [-0.25, -0.2) is 0 Å². The van der Waals surface area contributed by atoms with E-state index in [0.29, 0.717) is 6.04 Å². The Bertz CT molecular complexity index is 316. The Morgan fingerprint density at radius 1 is 1.40 bits per heavy atom. The van der Waals surface area contributed by atoms with Gasteiger partial charge >= 0.3 is 0 Å². The first-order valence-electron chi connectivity index (χ1n) is 5.26. The quantitative estimate of drug-likeness (QED) is 0.794. The van der Waals surface area contributed by atoms with Crippen molar-refractivity contribution in [2.24, 2.45) is 0 Å². The van der Waals surface area contributed by atoms with Gasteiger partial charge in [0.15, 0.2) is 0 Å². The number of hydrogen-bond acceptors (Lipinski definition) is 1. The van der Waals surface area contributed by atoms with E-state index in [1.165, 1.54) is 11.1 Å². The van der Waals surface area contributed by atoms with Crippen molar-refractivity contribution in [2.45, 2.75) is 25.8 Å². The zero-order valence-corrected chi connectivity index (χ0v) is 11.0. The van der Waals surface area contributed by atoms with Gasteiger partial charge in [-0.1, -0.05) is 47.1 Å². The van der Waals surface area contributed by atoms with E-state index in [1.54, 1.807) is 0 Å². The molecule has 0 aliphatic rings. The fourth-order valence-electron chi connectivity index (χ4n) is 1.51. The Balaban J connectivity index is 2.74. The second kappa shape index (κ2) is 6.09. The summed E-state index contributed by atoms with van der Waals surface area (Å²) in [5.74, 6) is 0. The summed E-state index contributed by atoms with van der Waals surface area (Å²) >= 11 is 3.44. The number of rotatable bonds is 5. The lowest BCUT2D eigenvalue weighted by Crippen LogP contribution is -2.16. The third-order valence-electron chi connectivity index (χ3n) is 2.61. The first kappa shape index (κ1) is 12.5. The van der Waals surface area contributed by atoms with E-state index in [0.717, 1.165) is 17.3 Å². The van der Waals surface area contributed by atoms with Crippen LogP contribution in [0, 0.1) is 0 Å². The van der Waals surface area contributed by atoms with E-state index in [9.17, 15) is 0 Å². The Morgan fingerprint density at radius 3 is 2.47 bits per heavy atom. The number of benzene rings is 1. The van der Waals surface area contributed by atoms with Crippen molar-refractivity contribution in [1.82, 2.24) is 5.32 Å². The van der Waals surface area contributed by atoms with Crippen LogP contribution < -0.4 is 5.32 Å². The maximum Gasteiger partial charge on any atom is 0.0355 e. The van der Waals surface area contributed by atoms with Gasteiger partial charge in [0, 0.05) is 10.5 Å². The van der Waals surface area contributed by atoms with Crippen molar-refractivity contribution in [3.8, 4) is 0 Å². The maximum absolute atomic E-state index is 4.05. The van der Waals surface area contributed by atoms with E-state index >= 15 is 0 Å². The monoisotopic (exact) mass is 267 g/mol. The molecule has 0 saturated heterocycles. The fraction of sp³-hybridized carbons (Fsp3) is 0.385. The van der Waals surface area contributed by atoms with Crippen LogP contribution >= 0.6 is 15.9 Å². The van der Waals surface area contributed by atoms with Crippen LogP contribution in [0.25, 0.3) is 0 Å². The smallest absolute Gasteiger partial charge is 0.0355 e. The molecular formula is C13H18BrN.